The van der Waals surface area contributed by atoms with Crippen LogP contribution in [0.15, 0.2) is 91.9 Å². The Kier molecular flexibility index (Phi) is 5.59. The van der Waals surface area contributed by atoms with Gasteiger partial charge in [0, 0.05) is 15.4 Å². The quantitative estimate of drug-likeness (QED) is 0.279. The Bertz CT molecular complexity index is 1030. The van der Waals surface area contributed by atoms with Crippen LogP contribution in [0.3, 0.4) is 0 Å². The Morgan fingerprint density at radius 1 is 0.964 bits per heavy atom. The molecule has 1 aliphatic rings. The topological polar surface area (TPSA) is 54.0 Å². The lowest BCUT2D eigenvalue weighted by atomic mass is 9.98. The number of anilines is 1. The fourth-order valence-corrected chi connectivity index (χ4v) is 4.00. The minimum atomic E-state index is 0.135. The van der Waals surface area contributed by atoms with E-state index in [4.69, 9.17) is 10.9 Å². The van der Waals surface area contributed by atoms with Crippen LogP contribution in [0.4, 0.5) is 5.69 Å². The van der Waals surface area contributed by atoms with E-state index in [9.17, 15) is 0 Å². The zero-order valence-corrected chi connectivity index (χ0v) is 18.1. The lowest BCUT2D eigenvalue weighted by Gasteiger charge is -2.24. The van der Waals surface area contributed by atoms with Crippen LogP contribution in [0.1, 0.15) is 29.2 Å². The molecule has 6 heteroatoms. The average Bonchev–Trinajstić information content (AvgIpc) is 3.15. The van der Waals surface area contributed by atoms with Gasteiger partial charge in [-0.1, -0.05) is 68.3 Å². The largest absolute Gasteiger partial charge is 0.323 e. The Morgan fingerprint density at radius 2 is 1.71 bits per heavy atom. The normalized spacial score (nSPS) is 16.6. The van der Waals surface area contributed by atoms with Crippen molar-refractivity contribution in [1.29, 1.82) is 0 Å². The van der Waals surface area contributed by atoms with E-state index in [0.717, 1.165) is 37.9 Å². The first kappa shape index (κ1) is 18.9. The first-order valence-corrected chi connectivity index (χ1v) is 10.4. The molecule has 0 bridgehead atoms. The molecule has 0 radical (unpaired) electrons. The van der Waals surface area contributed by atoms with Crippen molar-refractivity contribution in [3.63, 3.8) is 0 Å². The van der Waals surface area contributed by atoms with Gasteiger partial charge in [-0.3, -0.25) is 5.01 Å². The molecule has 1 aliphatic heterocycles. The van der Waals surface area contributed by atoms with Crippen LogP contribution >= 0.6 is 31.9 Å². The number of nitrogens with zero attached hydrogens (tertiary/aromatic N) is 3. The molecule has 0 aromatic heterocycles. The summed E-state index contributed by atoms with van der Waals surface area (Å²) in [5.41, 5.74) is 5.42. The van der Waals surface area contributed by atoms with E-state index in [2.05, 4.69) is 90.5 Å². The van der Waals surface area contributed by atoms with Crippen molar-refractivity contribution in [2.75, 3.05) is 5.01 Å². The van der Waals surface area contributed by atoms with Gasteiger partial charge < -0.3 is 5.84 Å². The smallest absolute Gasteiger partial charge is 0.0831 e. The Labute approximate surface area is 181 Å². The van der Waals surface area contributed by atoms with Crippen molar-refractivity contribution < 1.29 is 0 Å². The van der Waals surface area contributed by atoms with Crippen molar-refractivity contribution in [3.8, 4) is 0 Å². The maximum Gasteiger partial charge on any atom is 0.0831 e. The minimum Gasteiger partial charge on any atom is -0.323 e. The van der Waals surface area contributed by atoms with Gasteiger partial charge in [0.25, 0.3) is 0 Å². The number of hydrogen-bond donors (Lipinski definition) is 1. The Hall–Kier alpha value is -2.44. The highest BCUT2D eigenvalue weighted by Crippen LogP contribution is 2.37. The molecule has 4 nitrogen and oxygen atoms in total. The van der Waals surface area contributed by atoms with Crippen molar-refractivity contribution in [2.45, 2.75) is 12.5 Å². The summed E-state index contributed by atoms with van der Waals surface area (Å²) in [6, 6.07) is 25.0. The van der Waals surface area contributed by atoms with Crippen LogP contribution in [0.2, 0.25) is 0 Å². The fraction of sp³-hybridized carbons (Fsp3) is 0.0909. The second-order valence-corrected chi connectivity index (χ2v) is 8.37. The van der Waals surface area contributed by atoms with Crippen molar-refractivity contribution in [3.05, 3.63) is 98.4 Å². The molecule has 3 aromatic carbocycles. The summed E-state index contributed by atoms with van der Waals surface area (Å²) in [5, 5.41) is 10.7. The summed E-state index contributed by atoms with van der Waals surface area (Å²) in [5.74, 6) is 5.26. The molecule has 0 fully saturated rings. The number of rotatable bonds is 4. The van der Waals surface area contributed by atoms with Gasteiger partial charge in [-0.25, -0.2) is 0 Å². The molecule has 0 saturated heterocycles. The number of benzene rings is 3. The molecule has 2 N–H and O–H groups in total. The van der Waals surface area contributed by atoms with E-state index in [1.807, 2.05) is 24.3 Å². The third-order valence-corrected chi connectivity index (χ3v) is 5.73. The summed E-state index contributed by atoms with van der Waals surface area (Å²) in [4.78, 5) is 0. The molecule has 0 spiro atoms. The van der Waals surface area contributed by atoms with E-state index >= 15 is 0 Å². The monoisotopic (exact) mass is 496 g/mol. The van der Waals surface area contributed by atoms with Crippen LogP contribution in [0.5, 0.6) is 0 Å². The maximum absolute atomic E-state index is 5.26. The molecule has 4 rings (SSSR count). The zero-order chi connectivity index (χ0) is 19.5. The highest BCUT2D eigenvalue weighted by atomic mass is 79.9. The highest BCUT2D eigenvalue weighted by molar-refractivity contribution is 9.10. The van der Waals surface area contributed by atoms with E-state index in [0.29, 0.717) is 0 Å². The SMILES string of the molecule is N/N=C/c1ccc(N2N=C(c3cccc(Br)c3)CC2c2ccc(Br)cc2)cc1. The minimum absolute atomic E-state index is 0.135. The Balaban J connectivity index is 1.73. The van der Waals surface area contributed by atoms with Gasteiger partial charge in [0.1, 0.15) is 0 Å². The van der Waals surface area contributed by atoms with Crippen molar-refractivity contribution in [1.82, 2.24) is 0 Å². The third kappa shape index (κ3) is 4.03. The van der Waals surface area contributed by atoms with Gasteiger partial charge >= 0.3 is 0 Å². The molecule has 28 heavy (non-hydrogen) atoms. The molecular weight excluding hydrogens is 480 g/mol. The molecule has 0 aliphatic carbocycles. The zero-order valence-electron chi connectivity index (χ0n) is 15.0. The summed E-state index contributed by atoms with van der Waals surface area (Å²) < 4.78 is 2.12. The van der Waals surface area contributed by atoms with Crippen LogP contribution in [0.25, 0.3) is 0 Å². The number of halogens is 2. The number of nitrogens with two attached hydrogens (primary N) is 1. The number of hydrazone groups is 2. The third-order valence-electron chi connectivity index (χ3n) is 4.70. The molecular formula is C22H18Br2N4. The lowest BCUT2D eigenvalue weighted by Crippen LogP contribution is -2.18. The van der Waals surface area contributed by atoms with E-state index in [-0.39, 0.29) is 6.04 Å². The van der Waals surface area contributed by atoms with Gasteiger partial charge in [0.15, 0.2) is 0 Å². The van der Waals surface area contributed by atoms with E-state index in [1.54, 1.807) is 6.21 Å². The highest BCUT2D eigenvalue weighted by Gasteiger charge is 2.29. The molecule has 140 valence electrons. The molecule has 1 unspecified atom stereocenters. The van der Waals surface area contributed by atoms with Gasteiger partial charge in [-0.15, -0.1) is 0 Å². The molecule has 0 saturated carbocycles. The fourth-order valence-electron chi connectivity index (χ4n) is 3.33. The van der Waals surface area contributed by atoms with Crippen LogP contribution < -0.4 is 10.9 Å². The summed E-state index contributed by atoms with van der Waals surface area (Å²) in [7, 11) is 0. The van der Waals surface area contributed by atoms with Crippen LogP contribution in [-0.2, 0) is 0 Å². The first-order valence-electron chi connectivity index (χ1n) is 8.85. The van der Waals surface area contributed by atoms with Gasteiger partial charge in [0.2, 0.25) is 0 Å². The predicted molar refractivity (Wildman–Crippen MR) is 123 cm³/mol. The first-order chi connectivity index (χ1) is 13.6. The summed E-state index contributed by atoms with van der Waals surface area (Å²) in [6.45, 7) is 0. The molecule has 1 heterocycles. The molecule has 1 atom stereocenters. The van der Waals surface area contributed by atoms with E-state index < -0.39 is 0 Å². The second kappa shape index (κ2) is 8.29. The van der Waals surface area contributed by atoms with Crippen molar-refractivity contribution >= 4 is 49.5 Å². The maximum atomic E-state index is 5.26. The number of hydrogen-bond acceptors (Lipinski definition) is 4. The van der Waals surface area contributed by atoms with Crippen molar-refractivity contribution in [2.24, 2.45) is 16.0 Å². The summed E-state index contributed by atoms with van der Waals surface area (Å²) in [6.07, 6.45) is 2.47. The lowest BCUT2D eigenvalue weighted by molar-refractivity contribution is 0.709. The average molecular weight is 498 g/mol. The molecule has 3 aromatic rings. The summed E-state index contributed by atoms with van der Waals surface area (Å²) >= 11 is 7.09. The standard InChI is InChI=1S/C22H18Br2N4/c23-18-8-6-16(7-9-18)22-13-21(17-2-1-3-19(24)12-17)27-28(22)20-10-4-15(5-11-20)14-26-25/h1-12,14,22H,13,25H2/b26-14+. The molecule has 0 amide bonds. The van der Waals surface area contributed by atoms with Gasteiger partial charge in [-0.2, -0.15) is 10.2 Å². The Morgan fingerprint density at radius 3 is 2.39 bits per heavy atom. The second-order valence-electron chi connectivity index (χ2n) is 6.54. The van der Waals surface area contributed by atoms with Gasteiger partial charge in [0.05, 0.1) is 23.7 Å². The predicted octanol–water partition coefficient (Wildman–Crippen LogP) is 5.86. The van der Waals surface area contributed by atoms with Gasteiger partial charge in [-0.05, 0) is 53.1 Å². The van der Waals surface area contributed by atoms with Crippen LogP contribution in [-0.4, -0.2) is 11.9 Å². The van der Waals surface area contributed by atoms with Crippen LogP contribution in [0, 0.1) is 0 Å². The van der Waals surface area contributed by atoms with E-state index in [1.165, 1.54) is 5.56 Å².